The molecular formula is C8H11N3O6S. The van der Waals surface area contributed by atoms with Crippen LogP contribution in [0.2, 0.25) is 0 Å². The SMILES string of the molecule is O=[N+]([O-])c1ccc(S(=O)(=O)NC(CO)CO)cn1. The van der Waals surface area contributed by atoms with Crippen LogP contribution in [0.3, 0.4) is 0 Å². The van der Waals surface area contributed by atoms with Gasteiger partial charge in [-0.15, -0.1) is 0 Å². The number of aromatic nitrogens is 1. The van der Waals surface area contributed by atoms with E-state index in [2.05, 4.69) is 4.98 Å². The summed E-state index contributed by atoms with van der Waals surface area (Å²) in [6, 6.07) is 0.922. The first kappa shape index (κ1) is 14.4. The van der Waals surface area contributed by atoms with Gasteiger partial charge in [0.1, 0.15) is 4.90 Å². The first-order valence-electron chi connectivity index (χ1n) is 4.75. The van der Waals surface area contributed by atoms with Crippen LogP contribution in [0.1, 0.15) is 0 Å². The Labute approximate surface area is 102 Å². The molecule has 3 N–H and O–H groups in total. The monoisotopic (exact) mass is 277 g/mol. The zero-order valence-electron chi connectivity index (χ0n) is 9.05. The first-order valence-corrected chi connectivity index (χ1v) is 6.23. The number of nitro groups is 1. The number of sulfonamides is 1. The highest BCUT2D eigenvalue weighted by Gasteiger charge is 2.21. The molecule has 1 heterocycles. The number of hydrogen-bond acceptors (Lipinski definition) is 7. The molecule has 0 spiro atoms. The van der Waals surface area contributed by atoms with Crippen LogP contribution in [0, 0.1) is 10.1 Å². The molecule has 0 saturated carbocycles. The minimum Gasteiger partial charge on any atom is -0.395 e. The van der Waals surface area contributed by atoms with Crippen LogP contribution in [-0.2, 0) is 10.0 Å². The van der Waals surface area contributed by atoms with Crippen molar-refractivity contribution < 1.29 is 23.6 Å². The van der Waals surface area contributed by atoms with E-state index in [1.165, 1.54) is 0 Å². The zero-order valence-corrected chi connectivity index (χ0v) is 9.87. The predicted molar refractivity (Wildman–Crippen MR) is 59.2 cm³/mol. The number of aliphatic hydroxyl groups is 2. The topological polar surface area (TPSA) is 143 Å². The molecule has 18 heavy (non-hydrogen) atoms. The Morgan fingerprint density at radius 1 is 1.39 bits per heavy atom. The normalized spacial score (nSPS) is 11.7. The number of nitrogens with one attached hydrogen (secondary N) is 1. The lowest BCUT2D eigenvalue weighted by Gasteiger charge is -2.12. The van der Waals surface area contributed by atoms with E-state index in [-0.39, 0.29) is 4.90 Å². The molecule has 9 nitrogen and oxygen atoms in total. The van der Waals surface area contributed by atoms with Crippen molar-refractivity contribution in [3.63, 3.8) is 0 Å². The van der Waals surface area contributed by atoms with Gasteiger partial charge in [-0.25, -0.2) is 13.1 Å². The first-order chi connectivity index (χ1) is 8.40. The molecule has 1 aromatic rings. The van der Waals surface area contributed by atoms with Crippen LogP contribution in [-0.4, -0.2) is 47.8 Å². The van der Waals surface area contributed by atoms with Gasteiger partial charge in [-0.2, -0.15) is 0 Å². The van der Waals surface area contributed by atoms with Crippen molar-refractivity contribution in [1.29, 1.82) is 0 Å². The van der Waals surface area contributed by atoms with Crippen molar-refractivity contribution >= 4 is 15.8 Å². The Hall–Kier alpha value is -1.62. The van der Waals surface area contributed by atoms with Crippen LogP contribution < -0.4 is 4.72 Å². The van der Waals surface area contributed by atoms with Crippen LogP contribution >= 0.6 is 0 Å². The molecule has 0 amide bonds. The maximum atomic E-state index is 11.7. The average Bonchev–Trinajstić information content (AvgIpc) is 2.36. The minimum absolute atomic E-state index is 0.292. The third-order valence-corrected chi connectivity index (χ3v) is 3.49. The zero-order chi connectivity index (χ0) is 13.8. The summed E-state index contributed by atoms with van der Waals surface area (Å²) in [6.07, 6.45) is 0.826. The molecule has 0 aromatic carbocycles. The maximum Gasteiger partial charge on any atom is 0.363 e. The van der Waals surface area contributed by atoms with Gasteiger partial charge in [-0.05, 0) is 16.0 Å². The van der Waals surface area contributed by atoms with Gasteiger partial charge in [0, 0.05) is 6.07 Å². The van der Waals surface area contributed by atoms with Crippen molar-refractivity contribution in [3.8, 4) is 0 Å². The highest BCUT2D eigenvalue weighted by Crippen LogP contribution is 2.12. The van der Waals surface area contributed by atoms with Gasteiger partial charge in [-0.3, -0.25) is 0 Å². The molecule has 0 atom stereocenters. The van der Waals surface area contributed by atoms with Gasteiger partial charge in [-0.1, -0.05) is 0 Å². The molecule has 0 aliphatic heterocycles. The number of aliphatic hydroxyl groups excluding tert-OH is 2. The van der Waals surface area contributed by atoms with Crippen LogP contribution in [0.25, 0.3) is 0 Å². The van der Waals surface area contributed by atoms with Crippen molar-refractivity contribution in [2.75, 3.05) is 13.2 Å². The van der Waals surface area contributed by atoms with Crippen molar-refractivity contribution in [1.82, 2.24) is 9.71 Å². The van der Waals surface area contributed by atoms with E-state index in [1.807, 2.05) is 4.72 Å². The fourth-order valence-corrected chi connectivity index (χ4v) is 2.22. The standard InChI is InChI=1S/C8H11N3O6S/c12-4-6(5-13)10-18(16,17)7-1-2-8(9-3-7)11(14)15/h1-3,6,10,12-13H,4-5H2. The molecule has 0 fully saturated rings. The summed E-state index contributed by atoms with van der Waals surface area (Å²) in [7, 11) is -3.98. The van der Waals surface area contributed by atoms with Gasteiger partial charge in [0.25, 0.3) is 0 Å². The van der Waals surface area contributed by atoms with E-state index < -0.39 is 40.0 Å². The molecule has 10 heteroatoms. The second-order valence-electron chi connectivity index (χ2n) is 3.29. The smallest absolute Gasteiger partial charge is 0.363 e. The third kappa shape index (κ3) is 3.43. The summed E-state index contributed by atoms with van der Waals surface area (Å²) in [5, 5.41) is 27.9. The van der Waals surface area contributed by atoms with E-state index in [0.29, 0.717) is 0 Å². The largest absolute Gasteiger partial charge is 0.395 e. The Balaban J connectivity index is 2.95. The van der Waals surface area contributed by atoms with Crippen LogP contribution in [0.4, 0.5) is 5.82 Å². The summed E-state index contributed by atoms with van der Waals surface area (Å²) in [6.45, 7) is -1.15. The molecule has 0 saturated heterocycles. The molecule has 0 aliphatic rings. The number of rotatable bonds is 6. The Morgan fingerprint density at radius 2 is 2.00 bits per heavy atom. The van der Waals surface area contributed by atoms with Gasteiger partial charge in [0.05, 0.1) is 19.3 Å². The van der Waals surface area contributed by atoms with Gasteiger partial charge in [0.15, 0.2) is 6.20 Å². The van der Waals surface area contributed by atoms with Gasteiger partial charge >= 0.3 is 5.82 Å². The Kier molecular flexibility index (Phi) is 4.67. The number of pyridine rings is 1. The lowest BCUT2D eigenvalue weighted by Crippen LogP contribution is -2.40. The third-order valence-electron chi connectivity index (χ3n) is 1.98. The van der Waals surface area contributed by atoms with Crippen molar-refractivity contribution in [2.24, 2.45) is 0 Å². The fraction of sp³-hybridized carbons (Fsp3) is 0.375. The molecule has 1 rings (SSSR count). The van der Waals surface area contributed by atoms with Crippen LogP contribution in [0.15, 0.2) is 23.2 Å². The molecule has 0 radical (unpaired) electrons. The second kappa shape index (κ2) is 5.82. The summed E-state index contributed by atoms with van der Waals surface area (Å²) in [5.41, 5.74) is 0. The molecule has 1 aromatic heterocycles. The molecule has 0 aliphatic carbocycles. The number of hydrogen-bond donors (Lipinski definition) is 3. The minimum atomic E-state index is -3.98. The second-order valence-corrected chi connectivity index (χ2v) is 5.01. The summed E-state index contributed by atoms with van der Waals surface area (Å²) < 4.78 is 25.4. The quantitative estimate of drug-likeness (QED) is 0.429. The molecular weight excluding hydrogens is 266 g/mol. The lowest BCUT2D eigenvalue weighted by molar-refractivity contribution is -0.389. The summed E-state index contributed by atoms with van der Waals surface area (Å²) >= 11 is 0. The van der Waals surface area contributed by atoms with Gasteiger partial charge < -0.3 is 20.3 Å². The van der Waals surface area contributed by atoms with Crippen molar-refractivity contribution in [3.05, 3.63) is 28.4 Å². The van der Waals surface area contributed by atoms with Crippen LogP contribution in [0.5, 0.6) is 0 Å². The predicted octanol–water partition coefficient (Wildman–Crippen LogP) is -1.38. The van der Waals surface area contributed by atoms with Crippen molar-refractivity contribution in [2.45, 2.75) is 10.9 Å². The Bertz CT molecular complexity index is 510. The molecule has 0 bridgehead atoms. The summed E-state index contributed by atoms with van der Waals surface area (Å²) in [5.74, 6) is -0.477. The summed E-state index contributed by atoms with van der Waals surface area (Å²) in [4.78, 5) is 12.7. The highest BCUT2D eigenvalue weighted by molar-refractivity contribution is 7.89. The molecule has 0 unspecified atom stereocenters. The molecule has 100 valence electrons. The highest BCUT2D eigenvalue weighted by atomic mass is 32.2. The lowest BCUT2D eigenvalue weighted by atomic mass is 10.4. The van der Waals surface area contributed by atoms with E-state index in [4.69, 9.17) is 10.2 Å². The van der Waals surface area contributed by atoms with Gasteiger partial charge in [0.2, 0.25) is 10.0 Å². The van der Waals surface area contributed by atoms with E-state index in [1.54, 1.807) is 0 Å². The Morgan fingerprint density at radius 3 is 2.39 bits per heavy atom. The van der Waals surface area contributed by atoms with E-state index in [9.17, 15) is 18.5 Å². The average molecular weight is 277 g/mol. The van der Waals surface area contributed by atoms with E-state index in [0.717, 1.165) is 18.3 Å². The maximum absolute atomic E-state index is 11.7. The fourth-order valence-electron chi connectivity index (χ4n) is 1.06. The van der Waals surface area contributed by atoms with E-state index >= 15 is 0 Å². The number of nitrogens with zero attached hydrogens (tertiary/aromatic N) is 2.